The van der Waals surface area contributed by atoms with Gasteiger partial charge in [0.05, 0.1) is 17.1 Å². The van der Waals surface area contributed by atoms with Crippen molar-refractivity contribution in [3.8, 4) is 5.75 Å². The summed E-state index contributed by atoms with van der Waals surface area (Å²) in [6, 6.07) is 3.77. The van der Waals surface area contributed by atoms with Crippen molar-refractivity contribution < 1.29 is 24.0 Å². The highest BCUT2D eigenvalue weighted by Gasteiger charge is 2.19. The second-order valence-electron chi connectivity index (χ2n) is 5.01. The van der Waals surface area contributed by atoms with Gasteiger partial charge in [-0.1, -0.05) is 19.8 Å². The molecule has 0 heterocycles. The first kappa shape index (κ1) is 19.4. The van der Waals surface area contributed by atoms with Crippen LogP contribution >= 0.6 is 0 Å². The van der Waals surface area contributed by atoms with Crippen molar-refractivity contribution in [3.05, 3.63) is 33.9 Å². The van der Waals surface area contributed by atoms with E-state index >= 15 is 0 Å². The van der Waals surface area contributed by atoms with Crippen LogP contribution in [0, 0.1) is 10.1 Å². The van der Waals surface area contributed by atoms with E-state index in [4.69, 9.17) is 9.47 Å². The fourth-order valence-electron chi connectivity index (χ4n) is 1.93. The molecule has 8 nitrogen and oxygen atoms in total. The molecule has 0 aliphatic carbocycles. The number of ether oxygens (including phenoxy) is 2. The third-order valence-corrected chi connectivity index (χ3v) is 3.13. The Morgan fingerprint density at radius 3 is 2.62 bits per heavy atom. The van der Waals surface area contributed by atoms with E-state index in [-0.39, 0.29) is 23.6 Å². The van der Waals surface area contributed by atoms with Crippen LogP contribution in [0.15, 0.2) is 18.2 Å². The van der Waals surface area contributed by atoms with Gasteiger partial charge in [0.2, 0.25) is 0 Å². The number of carbonyl (C=O) groups is 2. The smallest absolute Gasteiger partial charge is 0.338 e. The summed E-state index contributed by atoms with van der Waals surface area (Å²) in [5.74, 6) is -1.13. The highest BCUT2D eigenvalue weighted by Crippen LogP contribution is 2.28. The van der Waals surface area contributed by atoms with Crippen LogP contribution in [0.3, 0.4) is 0 Å². The molecule has 0 spiro atoms. The van der Waals surface area contributed by atoms with Gasteiger partial charge in [-0.25, -0.2) is 4.79 Å². The number of nitrogens with zero attached hydrogens (tertiary/aromatic N) is 1. The average molecular weight is 338 g/mol. The minimum Gasteiger partial charge on any atom is -0.487 e. The van der Waals surface area contributed by atoms with Gasteiger partial charge in [-0.05, 0) is 25.5 Å². The molecule has 0 bridgehead atoms. The highest BCUT2D eigenvalue weighted by atomic mass is 16.6. The van der Waals surface area contributed by atoms with Crippen LogP contribution in [-0.2, 0) is 9.53 Å². The number of esters is 1. The molecule has 1 N–H and O–H groups in total. The molecule has 1 aromatic carbocycles. The number of carbonyl (C=O) groups excluding carboxylic acids is 2. The summed E-state index contributed by atoms with van der Waals surface area (Å²) in [6.07, 6.45) is 2.92. The van der Waals surface area contributed by atoms with Gasteiger partial charge in [0.15, 0.2) is 12.4 Å². The summed E-state index contributed by atoms with van der Waals surface area (Å²) in [4.78, 5) is 33.8. The zero-order valence-corrected chi connectivity index (χ0v) is 13.9. The third kappa shape index (κ3) is 6.23. The summed E-state index contributed by atoms with van der Waals surface area (Å²) in [5.41, 5.74) is -0.334. The Balaban J connectivity index is 2.60. The summed E-state index contributed by atoms with van der Waals surface area (Å²) in [7, 11) is 0. The lowest BCUT2D eigenvalue weighted by Gasteiger charge is -2.08. The van der Waals surface area contributed by atoms with Crippen molar-refractivity contribution in [1.82, 2.24) is 5.32 Å². The number of rotatable bonds is 10. The van der Waals surface area contributed by atoms with E-state index in [1.807, 2.05) is 0 Å². The maximum Gasteiger partial charge on any atom is 0.338 e. The molecule has 1 amide bonds. The van der Waals surface area contributed by atoms with Crippen LogP contribution in [0.5, 0.6) is 5.75 Å². The topological polar surface area (TPSA) is 108 Å². The molecular formula is C16H22N2O6. The third-order valence-electron chi connectivity index (χ3n) is 3.13. The van der Waals surface area contributed by atoms with Crippen molar-refractivity contribution in [3.63, 3.8) is 0 Å². The van der Waals surface area contributed by atoms with Crippen molar-refractivity contribution in [2.75, 3.05) is 19.8 Å². The monoisotopic (exact) mass is 338 g/mol. The SMILES string of the molecule is CCCCCNC(=O)COC(=O)c1ccc(OCC)c([N+](=O)[O-])c1. The van der Waals surface area contributed by atoms with E-state index in [1.165, 1.54) is 12.1 Å². The molecule has 0 aromatic heterocycles. The molecule has 0 atom stereocenters. The van der Waals surface area contributed by atoms with E-state index in [9.17, 15) is 19.7 Å². The average Bonchev–Trinajstić information content (AvgIpc) is 2.57. The van der Waals surface area contributed by atoms with Gasteiger partial charge in [-0.3, -0.25) is 14.9 Å². The molecule has 1 aromatic rings. The number of benzene rings is 1. The van der Waals surface area contributed by atoms with Crippen molar-refractivity contribution in [2.24, 2.45) is 0 Å². The summed E-state index contributed by atoms with van der Waals surface area (Å²) in [5, 5.41) is 13.7. The van der Waals surface area contributed by atoms with E-state index in [1.54, 1.807) is 6.92 Å². The summed E-state index contributed by atoms with van der Waals surface area (Å²) >= 11 is 0. The Hall–Kier alpha value is -2.64. The van der Waals surface area contributed by atoms with E-state index < -0.39 is 23.4 Å². The van der Waals surface area contributed by atoms with Gasteiger partial charge in [0.1, 0.15) is 0 Å². The number of amides is 1. The van der Waals surface area contributed by atoms with Gasteiger partial charge < -0.3 is 14.8 Å². The second-order valence-corrected chi connectivity index (χ2v) is 5.01. The lowest BCUT2D eigenvalue weighted by molar-refractivity contribution is -0.385. The zero-order chi connectivity index (χ0) is 17.9. The highest BCUT2D eigenvalue weighted by molar-refractivity contribution is 5.92. The number of nitro groups is 1. The number of hydrogen-bond acceptors (Lipinski definition) is 6. The van der Waals surface area contributed by atoms with Crippen LogP contribution in [0.4, 0.5) is 5.69 Å². The summed E-state index contributed by atoms with van der Waals surface area (Å²) in [6.45, 7) is 4.12. The maximum absolute atomic E-state index is 11.9. The molecule has 0 saturated carbocycles. The van der Waals surface area contributed by atoms with Crippen molar-refractivity contribution >= 4 is 17.6 Å². The van der Waals surface area contributed by atoms with Crippen LogP contribution < -0.4 is 10.1 Å². The molecule has 0 radical (unpaired) electrons. The minimum atomic E-state index is -0.801. The fourth-order valence-corrected chi connectivity index (χ4v) is 1.93. The molecule has 0 saturated heterocycles. The largest absolute Gasteiger partial charge is 0.487 e. The molecule has 0 aliphatic rings. The Labute approximate surface area is 140 Å². The number of nitrogens with one attached hydrogen (secondary N) is 1. The number of hydrogen-bond donors (Lipinski definition) is 1. The van der Waals surface area contributed by atoms with Gasteiger partial charge in [0.25, 0.3) is 5.91 Å². The maximum atomic E-state index is 11.9. The molecule has 24 heavy (non-hydrogen) atoms. The Morgan fingerprint density at radius 2 is 2.00 bits per heavy atom. The first-order valence-electron chi connectivity index (χ1n) is 7.84. The molecule has 1 rings (SSSR count). The Kier molecular flexibility index (Phi) is 8.24. The number of nitro benzene ring substituents is 1. The Morgan fingerprint density at radius 1 is 1.25 bits per heavy atom. The first-order chi connectivity index (χ1) is 11.5. The molecule has 8 heteroatoms. The quantitative estimate of drug-likeness (QED) is 0.304. The van der Waals surface area contributed by atoms with Crippen molar-refractivity contribution in [1.29, 1.82) is 0 Å². The number of unbranched alkanes of at least 4 members (excludes halogenated alkanes) is 2. The zero-order valence-electron chi connectivity index (χ0n) is 13.9. The van der Waals surface area contributed by atoms with Crippen LogP contribution in [0.25, 0.3) is 0 Å². The predicted octanol–water partition coefficient (Wildman–Crippen LogP) is 2.46. The van der Waals surface area contributed by atoms with E-state index in [0.717, 1.165) is 25.3 Å². The molecule has 0 unspecified atom stereocenters. The second kappa shape index (κ2) is 10.2. The van der Waals surface area contributed by atoms with Crippen LogP contribution in [0.1, 0.15) is 43.5 Å². The van der Waals surface area contributed by atoms with Gasteiger partial charge in [0, 0.05) is 12.6 Å². The predicted molar refractivity (Wildman–Crippen MR) is 87.1 cm³/mol. The van der Waals surface area contributed by atoms with Gasteiger partial charge in [-0.15, -0.1) is 0 Å². The molecule has 0 aliphatic heterocycles. The van der Waals surface area contributed by atoms with Crippen molar-refractivity contribution in [2.45, 2.75) is 33.1 Å². The van der Waals surface area contributed by atoms with E-state index in [0.29, 0.717) is 6.54 Å². The summed E-state index contributed by atoms with van der Waals surface area (Å²) < 4.78 is 10.0. The first-order valence-corrected chi connectivity index (χ1v) is 7.84. The lowest BCUT2D eigenvalue weighted by Crippen LogP contribution is -2.29. The minimum absolute atomic E-state index is 0.0102. The fraction of sp³-hybridized carbons (Fsp3) is 0.500. The lowest BCUT2D eigenvalue weighted by atomic mass is 10.2. The van der Waals surface area contributed by atoms with Crippen LogP contribution in [-0.4, -0.2) is 36.6 Å². The van der Waals surface area contributed by atoms with E-state index in [2.05, 4.69) is 12.2 Å². The normalized spacial score (nSPS) is 10.1. The van der Waals surface area contributed by atoms with Gasteiger partial charge in [-0.2, -0.15) is 0 Å². The Bertz CT molecular complexity index is 588. The standard InChI is InChI=1S/C16H22N2O6/c1-3-5-6-9-17-15(19)11-24-16(20)12-7-8-14(23-4-2)13(10-12)18(21)22/h7-8,10H,3-6,9,11H2,1-2H3,(H,17,19). The molecule has 132 valence electrons. The van der Waals surface area contributed by atoms with Crippen LogP contribution in [0.2, 0.25) is 0 Å². The molecule has 0 fully saturated rings. The van der Waals surface area contributed by atoms with Gasteiger partial charge >= 0.3 is 11.7 Å². The molecular weight excluding hydrogens is 316 g/mol.